The number of carbonyl (C=O) groups is 1. The van der Waals surface area contributed by atoms with Gasteiger partial charge in [0.25, 0.3) is 5.91 Å². The molecule has 0 aliphatic rings. The van der Waals surface area contributed by atoms with Gasteiger partial charge in [0.15, 0.2) is 0 Å². The van der Waals surface area contributed by atoms with Crippen LogP contribution in [0.5, 0.6) is 0 Å². The first kappa shape index (κ1) is 16.8. The third-order valence-electron chi connectivity index (χ3n) is 3.14. The average Bonchev–Trinajstić information content (AvgIpc) is 2.48. The Morgan fingerprint density at radius 2 is 2.19 bits per heavy atom. The second-order valence-electron chi connectivity index (χ2n) is 4.97. The first-order valence-corrected chi connectivity index (χ1v) is 6.85. The van der Waals surface area contributed by atoms with Crippen LogP contribution in [0, 0.1) is 36.0 Å². The van der Waals surface area contributed by atoms with Gasteiger partial charge in [0.1, 0.15) is 0 Å². The van der Waals surface area contributed by atoms with E-state index in [-0.39, 0.29) is 18.4 Å². The molecule has 0 saturated carbocycles. The number of nitriles is 1. The molecule has 0 aliphatic heterocycles. The Morgan fingerprint density at radius 3 is 2.81 bits per heavy atom. The Bertz CT molecular complexity index is 605. The number of hydrogen-bond acceptors (Lipinski definition) is 3. The van der Waals surface area contributed by atoms with Crippen LogP contribution in [0.15, 0.2) is 18.2 Å². The highest BCUT2D eigenvalue weighted by Crippen LogP contribution is 2.15. The summed E-state index contributed by atoms with van der Waals surface area (Å²) in [4.78, 5) is 14.0. The van der Waals surface area contributed by atoms with Crippen LogP contribution in [0.4, 0.5) is 0 Å². The van der Waals surface area contributed by atoms with E-state index in [1.165, 1.54) is 0 Å². The van der Waals surface area contributed by atoms with Crippen molar-refractivity contribution in [2.24, 2.45) is 5.92 Å². The molecule has 0 heterocycles. The summed E-state index contributed by atoms with van der Waals surface area (Å²) >= 11 is 0. The van der Waals surface area contributed by atoms with Crippen molar-refractivity contribution in [2.75, 3.05) is 20.2 Å². The third kappa shape index (κ3) is 4.63. The van der Waals surface area contributed by atoms with Crippen LogP contribution in [0.25, 0.3) is 0 Å². The Morgan fingerprint density at radius 1 is 1.48 bits per heavy atom. The highest BCUT2D eigenvalue weighted by molar-refractivity contribution is 5.96. The normalized spacial score (nSPS) is 11.0. The number of aliphatic hydroxyl groups is 1. The molecule has 0 fully saturated rings. The van der Waals surface area contributed by atoms with E-state index in [2.05, 4.69) is 17.9 Å². The molecule has 1 N–H and O–H groups in total. The molecule has 21 heavy (non-hydrogen) atoms. The van der Waals surface area contributed by atoms with Crippen LogP contribution in [0.3, 0.4) is 0 Å². The Hall–Kier alpha value is -2.30. The van der Waals surface area contributed by atoms with E-state index in [1.807, 2.05) is 13.0 Å². The van der Waals surface area contributed by atoms with Crippen molar-refractivity contribution in [2.45, 2.75) is 20.3 Å². The monoisotopic (exact) mass is 284 g/mol. The topological polar surface area (TPSA) is 64.3 Å². The van der Waals surface area contributed by atoms with Crippen LogP contribution in [-0.2, 0) is 0 Å². The third-order valence-corrected chi connectivity index (χ3v) is 3.14. The summed E-state index contributed by atoms with van der Waals surface area (Å²) in [5, 5.41) is 17.6. The fourth-order valence-electron chi connectivity index (χ4n) is 1.96. The molecule has 0 radical (unpaired) electrons. The molecule has 0 aliphatic carbocycles. The average molecular weight is 284 g/mol. The molecule has 1 rings (SSSR count). The first-order valence-electron chi connectivity index (χ1n) is 6.85. The maximum atomic E-state index is 12.4. The van der Waals surface area contributed by atoms with E-state index in [9.17, 15) is 4.79 Å². The minimum absolute atomic E-state index is 0.0272. The first-order chi connectivity index (χ1) is 10.0. The van der Waals surface area contributed by atoms with E-state index < -0.39 is 0 Å². The number of benzene rings is 1. The van der Waals surface area contributed by atoms with Gasteiger partial charge in [-0.2, -0.15) is 5.26 Å². The lowest BCUT2D eigenvalue weighted by Gasteiger charge is -2.19. The number of amides is 1. The van der Waals surface area contributed by atoms with Gasteiger partial charge in [-0.3, -0.25) is 4.79 Å². The number of carbonyl (C=O) groups excluding carboxylic acids is 1. The predicted molar refractivity (Wildman–Crippen MR) is 81.5 cm³/mol. The van der Waals surface area contributed by atoms with Gasteiger partial charge in [0.05, 0.1) is 18.6 Å². The molecule has 1 amide bonds. The van der Waals surface area contributed by atoms with Gasteiger partial charge in [0, 0.05) is 31.1 Å². The molecular weight excluding hydrogens is 264 g/mol. The van der Waals surface area contributed by atoms with E-state index in [1.54, 1.807) is 31.0 Å². The summed E-state index contributed by atoms with van der Waals surface area (Å²) in [6.45, 7) is 4.07. The van der Waals surface area contributed by atoms with Crippen molar-refractivity contribution < 1.29 is 9.90 Å². The molecule has 0 saturated heterocycles. The molecule has 0 bridgehead atoms. The molecule has 4 nitrogen and oxygen atoms in total. The van der Waals surface area contributed by atoms with Crippen molar-refractivity contribution in [3.8, 4) is 17.9 Å². The van der Waals surface area contributed by atoms with Crippen LogP contribution >= 0.6 is 0 Å². The van der Waals surface area contributed by atoms with Crippen molar-refractivity contribution in [3.05, 3.63) is 34.9 Å². The molecule has 1 unspecified atom stereocenters. The van der Waals surface area contributed by atoms with E-state index in [0.717, 1.165) is 11.1 Å². The minimum atomic E-state index is -0.202. The molecular formula is C17H20N2O2. The highest BCUT2D eigenvalue weighted by atomic mass is 16.2. The van der Waals surface area contributed by atoms with Crippen LogP contribution < -0.4 is 0 Å². The summed E-state index contributed by atoms with van der Waals surface area (Å²) in [7, 11) is 1.69. The van der Waals surface area contributed by atoms with Crippen LogP contribution in [0.1, 0.15) is 34.8 Å². The lowest BCUT2D eigenvalue weighted by Crippen LogP contribution is -2.31. The zero-order chi connectivity index (χ0) is 15.8. The second-order valence-corrected chi connectivity index (χ2v) is 4.97. The standard InChI is InChI=1S/C17H20N2O2/c1-13(11-18)12-19(3)17(21)16-9-6-8-15(14(16)2)7-4-5-10-20/h6,8-9,13,20H,5,10,12H2,1-3H3. The van der Waals surface area contributed by atoms with Gasteiger partial charge in [-0.25, -0.2) is 0 Å². The van der Waals surface area contributed by atoms with Crippen LogP contribution in [0.2, 0.25) is 0 Å². The summed E-state index contributed by atoms with van der Waals surface area (Å²) in [5.41, 5.74) is 2.21. The highest BCUT2D eigenvalue weighted by Gasteiger charge is 2.17. The zero-order valence-corrected chi connectivity index (χ0v) is 12.7. The van der Waals surface area contributed by atoms with Gasteiger partial charge >= 0.3 is 0 Å². The van der Waals surface area contributed by atoms with Gasteiger partial charge < -0.3 is 10.0 Å². The second kappa shape index (κ2) is 8.09. The summed E-state index contributed by atoms with van der Waals surface area (Å²) < 4.78 is 0. The van der Waals surface area contributed by atoms with Gasteiger partial charge in [-0.1, -0.05) is 17.9 Å². The molecule has 110 valence electrons. The number of hydrogen-bond donors (Lipinski definition) is 1. The number of aliphatic hydroxyl groups excluding tert-OH is 1. The summed E-state index contributed by atoms with van der Waals surface area (Å²) in [5.74, 6) is 5.52. The Balaban J connectivity index is 2.99. The molecule has 1 aromatic carbocycles. The van der Waals surface area contributed by atoms with Crippen molar-refractivity contribution in [1.29, 1.82) is 5.26 Å². The molecule has 0 aromatic heterocycles. The number of nitrogens with zero attached hydrogens (tertiary/aromatic N) is 2. The molecule has 0 spiro atoms. The predicted octanol–water partition coefficient (Wildman–Crippen LogP) is 1.96. The van der Waals surface area contributed by atoms with E-state index >= 15 is 0 Å². The quantitative estimate of drug-likeness (QED) is 0.860. The molecule has 4 heteroatoms. The van der Waals surface area contributed by atoms with Gasteiger partial charge in [-0.15, -0.1) is 0 Å². The van der Waals surface area contributed by atoms with Crippen LogP contribution in [-0.4, -0.2) is 36.1 Å². The Labute approximate surface area is 126 Å². The summed E-state index contributed by atoms with van der Waals surface area (Å²) in [6.07, 6.45) is 0.414. The maximum absolute atomic E-state index is 12.4. The van der Waals surface area contributed by atoms with Crippen molar-refractivity contribution in [3.63, 3.8) is 0 Å². The fourth-order valence-corrected chi connectivity index (χ4v) is 1.96. The van der Waals surface area contributed by atoms with Gasteiger partial charge in [-0.05, 0) is 31.5 Å². The largest absolute Gasteiger partial charge is 0.395 e. The molecule has 1 atom stereocenters. The smallest absolute Gasteiger partial charge is 0.253 e. The zero-order valence-electron chi connectivity index (χ0n) is 12.7. The summed E-state index contributed by atoms with van der Waals surface area (Å²) in [6, 6.07) is 7.54. The van der Waals surface area contributed by atoms with Gasteiger partial charge in [0.2, 0.25) is 0 Å². The van der Waals surface area contributed by atoms with E-state index in [0.29, 0.717) is 18.5 Å². The maximum Gasteiger partial charge on any atom is 0.253 e. The lowest BCUT2D eigenvalue weighted by atomic mass is 10.0. The molecule has 1 aromatic rings. The number of rotatable bonds is 4. The van der Waals surface area contributed by atoms with Crippen molar-refractivity contribution >= 4 is 5.91 Å². The fraction of sp³-hybridized carbons (Fsp3) is 0.412. The Kier molecular flexibility index (Phi) is 6.46. The van der Waals surface area contributed by atoms with E-state index in [4.69, 9.17) is 10.4 Å². The lowest BCUT2D eigenvalue weighted by molar-refractivity contribution is 0.0784. The minimum Gasteiger partial charge on any atom is -0.395 e. The van der Waals surface area contributed by atoms with Crippen molar-refractivity contribution in [1.82, 2.24) is 4.90 Å². The SMILES string of the molecule is Cc1c(C#CCCO)cccc1C(=O)N(C)CC(C)C#N.